The molecular weight excluding hydrogens is 486 g/mol. The maximum atomic E-state index is 13.4. The summed E-state index contributed by atoms with van der Waals surface area (Å²) in [6.45, 7) is 20.7. The third-order valence-corrected chi connectivity index (χ3v) is 7.08. The summed E-state index contributed by atoms with van der Waals surface area (Å²) in [4.78, 5) is 25.0. The number of nitrogens with zero attached hydrogens (tertiary/aromatic N) is 5. The lowest BCUT2D eigenvalue weighted by Gasteiger charge is -2.34. The van der Waals surface area contributed by atoms with Gasteiger partial charge in [0.1, 0.15) is 16.7 Å². The van der Waals surface area contributed by atoms with Crippen LogP contribution in [0.2, 0.25) is 0 Å². The fourth-order valence-electron chi connectivity index (χ4n) is 4.56. The Morgan fingerprint density at radius 1 is 1.30 bits per heavy atom. The van der Waals surface area contributed by atoms with E-state index in [9.17, 15) is 4.79 Å². The molecule has 0 spiro atoms. The predicted octanol–water partition coefficient (Wildman–Crippen LogP) is 4.72. The average molecular weight is 524 g/mol. The van der Waals surface area contributed by atoms with Crippen molar-refractivity contribution in [1.29, 1.82) is 0 Å². The lowest BCUT2D eigenvalue weighted by molar-refractivity contribution is 0.0984. The van der Waals surface area contributed by atoms with Crippen LogP contribution in [0, 0.1) is 11.3 Å². The topological polar surface area (TPSA) is 96.7 Å². The van der Waals surface area contributed by atoms with E-state index >= 15 is 0 Å². The zero-order valence-electron chi connectivity index (χ0n) is 22.4. The van der Waals surface area contributed by atoms with Crippen LogP contribution in [-0.2, 0) is 0 Å². The molecule has 1 saturated heterocycles. The molecule has 1 atom stereocenters. The highest BCUT2D eigenvalue weighted by Gasteiger charge is 2.40. The first kappa shape index (κ1) is 26.8. The van der Waals surface area contributed by atoms with Gasteiger partial charge in [-0.2, -0.15) is 0 Å². The van der Waals surface area contributed by atoms with Gasteiger partial charge in [-0.05, 0) is 56.2 Å². The van der Waals surface area contributed by atoms with Crippen molar-refractivity contribution < 1.29 is 9.53 Å². The second-order valence-corrected chi connectivity index (χ2v) is 12.2. The average Bonchev–Trinajstić information content (AvgIpc) is 3.42. The summed E-state index contributed by atoms with van der Waals surface area (Å²) >= 11 is 1.11. The second-order valence-electron chi connectivity index (χ2n) is 11.3. The molecule has 0 aliphatic carbocycles. The highest BCUT2D eigenvalue weighted by atomic mass is 32.2. The first-order valence-electron chi connectivity index (χ1n) is 12.5. The van der Waals surface area contributed by atoms with Crippen molar-refractivity contribution in [3.8, 4) is 11.7 Å². The van der Waals surface area contributed by atoms with E-state index in [-0.39, 0.29) is 16.9 Å². The molecule has 2 aromatic rings. The number of aliphatic imine (C=N–C) groups is 1. The van der Waals surface area contributed by atoms with Gasteiger partial charge in [-0.15, -0.1) is 5.10 Å². The summed E-state index contributed by atoms with van der Waals surface area (Å²) in [7, 11) is 0. The summed E-state index contributed by atoms with van der Waals surface area (Å²) in [5, 5.41) is 8.40. The molecule has 2 bridgehead atoms. The van der Waals surface area contributed by atoms with Gasteiger partial charge in [0.05, 0.1) is 12.2 Å². The van der Waals surface area contributed by atoms with Crippen LogP contribution in [0.15, 0.2) is 54.4 Å². The molecule has 0 saturated carbocycles. The minimum atomic E-state index is -0.252. The van der Waals surface area contributed by atoms with Crippen molar-refractivity contribution in [2.45, 2.75) is 53.0 Å². The van der Waals surface area contributed by atoms with Crippen molar-refractivity contribution in [3.63, 3.8) is 0 Å². The lowest BCUT2D eigenvalue weighted by atomic mass is 9.94. The minimum absolute atomic E-state index is 0.0273. The van der Waals surface area contributed by atoms with Gasteiger partial charge in [-0.3, -0.25) is 9.52 Å². The highest BCUT2D eigenvalue weighted by Crippen LogP contribution is 2.39. The van der Waals surface area contributed by atoms with Gasteiger partial charge in [0.25, 0.3) is 5.91 Å². The molecule has 1 amide bonds. The molecule has 9 nitrogen and oxygen atoms in total. The van der Waals surface area contributed by atoms with Crippen LogP contribution in [0.1, 0.15) is 57.8 Å². The van der Waals surface area contributed by atoms with Crippen LogP contribution in [0.4, 0.5) is 5.82 Å². The highest BCUT2D eigenvalue weighted by molar-refractivity contribution is 8.13. The van der Waals surface area contributed by atoms with Crippen LogP contribution in [-0.4, -0.2) is 51.0 Å². The Labute approximate surface area is 223 Å². The van der Waals surface area contributed by atoms with Crippen molar-refractivity contribution in [3.05, 3.63) is 55.0 Å². The van der Waals surface area contributed by atoms with Crippen molar-refractivity contribution in [2.24, 2.45) is 16.3 Å². The number of aromatic nitrogens is 3. The summed E-state index contributed by atoms with van der Waals surface area (Å²) < 4.78 is 10.4. The van der Waals surface area contributed by atoms with Gasteiger partial charge in [-0.25, -0.2) is 14.7 Å². The molecule has 4 heterocycles. The molecule has 2 aromatic heterocycles. The Balaban J connectivity index is 1.70. The smallest absolute Gasteiger partial charge is 0.265 e. The van der Waals surface area contributed by atoms with E-state index in [0.29, 0.717) is 46.5 Å². The molecule has 2 aliphatic heterocycles. The maximum absolute atomic E-state index is 13.4. The molecule has 4 rings (SSSR count). The Hall–Kier alpha value is -3.27. The molecule has 1 unspecified atom stereocenters. The molecular formula is C27H37N7O2S. The number of nitrogens with one attached hydrogen (secondary N) is 2. The van der Waals surface area contributed by atoms with Crippen molar-refractivity contribution in [1.82, 2.24) is 24.8 Å². The number of pyridine rings is 1. The Morgan fingerprint density at radius 2 is 2.08 bits per heavy atom. The number of amides is 1. The van der Waals surface area contributed by atoms with Crippen molar-refractivity contribution >= 4 is 28.7 Å². The summed E-state index contributed by atoms with van der Waals surface area (Å²) in [6.07, 6.45) is 5.37. The van der Waals surface area contributed by atoms with E-state index < -0.39 is 0 Å². The summed E-state index contributed by atoms with van der Waals surface area (Å²) in [5.74, 6) is 2.54. The van der Waals surface area contributed by atoms with E-state index in [4.69, 9.17) is 9.72 Å². The van der Waals surface area contributed by atoms with Gasteiger partial charge < -0.3 is 15.0 Å². The lowest BCUT2D eigenvalue weighted by Crippen LogP contribution is -2.40. The van der Waals surface area contributed by atoms with Gasteiger partial charge in [0, 0.05) is 42.8 Å². The van der Waals surface area contributed by atoms with Crippen LogP contribution in [0.25, 0.3) is 5.82 Å². The third kappa shape index (κ3) is 6.54. The zero-order valence-corrected chi connectivity index (χ0v) is 23.2. The number of rotatable bonds is 4. The van der Waals surface area contributed by atoms with E-state index in [1.807, 2.05) is 24.4 Å². The van der Waals surface area contributed by atoms with E-state index in [1.165, 1.54) is 0 Å². The van der Waals surface area contributed by atoms with Crippen LogP contribution in [0.3, 0.4) is 0 Å². The fourth-order valence-corrected chi connectivity index (χ4v) is 5.11. The number of fused-ring (bicyclic) bond motifs is 4. The zero-order chi connectivity index (χ0) is 26.8. The number of hydrogen-bond acceptors (Lipinski definition) is 8. The number of carbonyl (C=O) groups excluding carboxylic acids is 1. The van der Waals surface area contributed by atoms with Crippen LogP contribution < -0.4 is 19.7 Å². The van der Waals surface area contributed by atoms with E-state index in [1.54, 1.807) is 10.8 Å². The largest absolute Gasteiger partial charge is 0.476 e. The molecule has 10 heteroatoms. The van der Waals surface area contributed by atoms with Gasteiger partial charge >= 0.3 is 0 Å². The normalized spacial score (nSPS) is 21.7. The van der Waals surface area contributed by atoms with E-state index in [2.05, 4.69) is 72.8 Å². The Kier molecular flexibility index (Phi) is 7.68. The second kappa shape index (κ2) is 10.6. The number of carbonyl (C=O) groups is 1. The molecule has 2 N–H and O–H groups in total. The quantitative estimate of drug-likeness (QED) is 0.560. The molecule has 0 radical (unpaired) electrons. The van der Waals surface area contributed by atoms with E-state index in [0.717, 1.165) is 37.9 Å². The maximum Gasteiger partial charge on any atom is 0.265 e. The van der Waals surface area contributed by atoms with Gasteiger partial charge in [0.2, 0.25) is 5.88 Å². The monoisotopic (exact) mass is 523 g/mol. The fraction of sp³-hybridized carbons (Fsp3) is 0.481. The number of anilines is 1. The Bertz CT molecular complexity index is 1210. The molecule has 37 heavy (non-hydrogen) atoms. The standard InChI is InChI=1S/C27H37N7O2S/c1-8-23-29-18(2)28-13-11-19-15-27(6,7)33(16-19)24-20(25(35)32-37-23)9-10-21(30-24)34-14-12-22(31-34)36-17-26(3,4)5/h8-10,12,14,19,28H,1-2,11,13,15-17H2,3-7H3,(H,32,35)/b29-23+. The first-order chi connectivity index (χ1) is 17.4. The molecule has 198 valence electrons. The molecule has 0 aromatic carbocycles. The van der Waals surface area contributed by atoms with Crippen molar-refractivity contribution in [2.75, 3.05) is 24.6 Å². The predicted molar refractivity (Wildman–Crippen MR) is 150 cm³/mol. The van der Waals surface area contributed by atoms with Gasteiger partial charge in [0.15, 0.2) is 5.82 Å². The van der Waals surface area contributed by atoms with Gasteiger partial charge in [-0.1, -0.05) is 33.9 Å². The van der Waals surface area contributed by atoms with Crippen LogP contribution in [0.5, 0.6) is 5.88 Å². The molecule has 1 fully saturated rings. The SMILES string of the molecule is C=C/C1=N\C(=C)NCCC2CN(c3nc(-n4ccc(OCC(C)(C)C)n4)ccc3C(=O)NS1)C(C)(C)C2. The Morgan fingerprint density at radius 3 is 2.81 bits per heavy atom. The first-order valence-corrected chi connectivity index (χ1v) is 13.4. The summed E-state index contributed by atoms with van der Waals surface area (Å²) in [5.41, 5.74) is 0.349. The number of ether oxygens (including phenoxy) is 1. The third-order valence-electron chi connectivity index (χ3n) is 6.32. The summed E-state index contributed by atoms with van der Waals surface area (Å²) in [6, 6.07) is 5.45. The van der Waals surface area contributed by atoms with Crippen LogP contribution >= 0.6 is 11.9 Å². The minimum Gasteiger partial charge on any atom is -0.476 e. The number of hydrogen-bond donors (Lipinski definition) is 2. The molecule has 2 aliphatic rings.